The first-order chi connectivity index (χ1) is 9.06. The van der Waals surface area contributed by atoms with E-state index in [0.29, 0.717) is 43.2 Å². The molecule has 1 saturated heterocycles. The molecular formula is C14H17ClFNO2. The standard InChI is InChI=1S/C14H17ClFNO2/c1-10-9-13(16,12-11(15)3-2-6-17-12)4-5-14(10)18-7-8-19-14/h2-3,6,10H,4-5,7-9H2,1H3. The van der Waals surface area contributed by atoms with Gasteiger partial charge in [-0.05, 0) is 25.0 Å². The summed E-state index contributed by atoms with van der Waals surface area (Å²) in [5, 5.41) is 0.390. The smallest absolute Gasteiger partial charge is 0.171 e. The quantitative estimate of drug-likeness (QED) is 0.792. The highest BCUT2D eigenvalue weighted by molar-refractivity contribution is 6.31. The number of hydrogen-bond donors (Lipinski definition) is 0. The second kappa shape index (κ2) is 4.69. The van der Waals surface area contributed by atoms with E-state index in [4.69, 9.17) is 21.1 Å². The summed E-state index contributed by atoms with van der Waals surface area (Å²) in [5.41, 5.74) is -1.14. The normalized spacial score (nSPS) is 33.7. The SMILES string of the molecule is CC1CC(F)(c2ncccc2Cl)CCC12OCCO2. The zero-order chi connectivity index (χ0) is 13.5. The van der Waals surface area contributed by atoms with Gasteiger partial charge in [0, 0.05) is 18.5 Å². The van der Waals surface area contributed by atoms with Gasteiger partial charge < -0.3 is 9.47 Å². The van der Waals surface area contributed by atoms with Crippen molar-refractivity contribution in [1.82, 2.24) is 4.98 Å². The first-order valence-corrected chi connectivity index (χ1v) is 7.01. The molecule has 1 aromatic heterocycles. The summed E-state index contributed by atoms with van der Waals surface area (Å²) in [7, 11) is 0. The van der Waals surface area contributed by atoms with Gasteiger partial charge in [0.25, 0.3) is 0 Å². The minimum atomic E-state index is -1.49. The van der Waals surface area contributed by atoms with Crippen LogP contribution in [0.15, 0.2) is 18.3 Å². The van der Waals surface area contributed by atoms with E-state index in [9.17, 15) is 0 Å². The van der Waals surface area contributed by atoms with E-state index in [1.165, 1.54) is 0 Å². The molecule has 104 valence electrons. The highest BCUT2D eigenvalue weighted by Crippen LogP contribution is 2.50. The lowest BCUT2D eigenvalue weighted by Gasteiger charge is -2.43. The molecule has 0 radical (unpaired) electrons. The summed E-state index contributed by atoms with van der Waals surface area (Å²) in [5.74, 6) is -0.622. The molecule has 0 bridgehead atoms. The molecule has 2 heterocycles. The number of hydrogen-bond acceptors (Lipinski definition) is 3. The Morgan fingerprint density at radius 3 is 2.74 bits per heavy atom. The van der Waals surface area contributed by atoms with Crippen LogP contribution in [0.5, 0.6) is 0 Å². The van der Waals surface area contributed by atoms with E-state index < -0.39 is 11.5 Å². The van der Waals surface area contributed by atoms with Gasteiger partial charge in [0.05, 0.1) is 23.9 Å². The van der Waals surface area contributed by atoms with Gasteiger partial charge in [-0.3, -0.25) is 4.98 Å². The van der Waals surface area contributed by atoms with Gasteiger partial charge in [-0.15, -0.1) is 0 Å². The van der Waals surface area contributed by atoms with Crippen molar-refractivity contribution in [2.75, 3.05) is 13.2 Å². The summed E-state index contributed by atoms with van der Waals surface area (Å²) in [4.78, 5) is 4.13. The van der Waals surface area contributed by atoms with Crippen molar-refractivity contribution in [3.63, 3.8) is 0 Å². The molecule has 2 unspecified atom stereocenters. The predicted octanol–water partition coefficient (Wildman–Crippen LogP) is 3.46. The molecule has 19 heavy (non-hydrogen) atoms. The number of nitrogens with zero attached hydrogens (tertiary/aromatic N) is 1. The Kier molecular flexibility index (Phi) is 3.28. The molecule has 0 N–H and O–H groups in total. The van der Waals surface area contributed by atoms with Crippen LogP contribution < -0.4 is 0 Å². The summed E-state index contributed by atoms with van der Waals surface area (Å²) in [6.45, 7) is 3.15. The van der Waals surface area contributed by atoms with Crippen LogP contribution in [0.3, 0.4) is 0 Å². The third-order valence-electron chi connectivity index (χ3n) is 4.21. The fraction of sp³-hybridized carbons (Fsp3) is 0.643. The summed E-state index contributed by atoms with van der Waals surface area (Å²) in [6, 6.07) is 3.40. The second-order valence-electron chi connectivity index (χ2n) is 5.41. The number of halogens is 2. The van der Waals surface area contributed by atoms with Crippen molar-refractivity contribution in [3.8, 4) is 0 Å². The third-order valence-corrected chi connectivity index (χ3v) is 4.51. The largest absolute Gasteiger partial charge is 0.347 e. The Bertz CT molecular complexity index is 478. The third kappa shape index (κ3) is 2.16. The van der Waals surface area contributed by atoms with Crippen molar-refractivity contribution in [1.29, 1.82) is 0 Å². The summed E-state index contributed by atoms with van der Waals surface area (Å²) >= 11 is 6.08. The van der Waals surface area contributed by atoms with Gasteiger partial charge >= 0.3 is 0 Å². The van der Waals surface area contributed by atoms with Crippen LogP contribution in [0.2, 0.25) is 5.02 Å². The van der Waals surface area contributed by atoms with Crippen LogP contribution in [0.4, 0.5) is 4.39 Å². The minimum absolute atomic E-state index is 0.0215. The van der Waals surface area contributed by atoms with E-state index in [0.717, 1.165) is 0 Å². The van der Waals surface area contributed by atoms with Crippen LogP contribution in [-0.2, 0) is 15.1 Å². The molecule has 1 aliphatic heterocycles. The Balaban J connectivity index is 1.86. The molecule has 1 aliphatic carbocycles. The van der Waals surface area contributed by atoms with Crippen LogP contribution >= 0.6 is 11.6 Å². The first-order valence-electron chi connectivity index (χ1n) is 6.64. The molecule has 2 fully saturated rings. The molecule has 0 amide bonds. The maximum atomic E-state index is 15.2. The fourth-order valence-corrected chi connectivity index (χ4v) is 3.48. The molecule has 1 spiro atoms. The average molecular weight is 286 g/mol. The van der Waals surface area contributed by atoms with E-state index in [1.54, 1.807) is 18.3 Å². The zero-order valence-electron chi connectivity index (χ0n) is 10.9. The van der Waals surface area contributed by atoms with Crippen LogP contribution in [0, 0.1) is 5.92 Å². The molecule has 0 aromatic carbocycles. The van der Waals surface area contributed by atoms with Crippen LogP contribution in [-0.4, -0.2) is 24.0 Å². The lowest BCUT2D eigenvalue weighted by atomic mass is 9.74. The van der Waals surface area contributed by atoms with Gasteiger partial charge in [-0.2, -0.15) is 0 Å². The van der Waals surface area contributed by atoms with E-state index in [2.05, 4.69) is 4.98 Å². The number of alkyl halides is 1. The van der Waals surface area contributed by atoms with E-state index in [1.807, 2.05) is 6.92 Å². The molecule has 1 aromatic rings. The van der Waals surface area contributed by atoms with Gasteiger partial charge in [-0.1, -0.05) is 18.5 Å². The van der Waals surface area contributed by atoms with Crippen molar-refractivity contribution < 1.29 is 13.9 Å². The van der Waals surface area contributed by atoms with Crippen molar-refractivity contribution in [3.05, 3.63) is 29.0 Å². The maximum Gasteiger partial charge on any atom is 0.171 e. The highest BCUT2D eigenvalue weighted by atomic mass is 35.5. The molecule has 1 saturated carbocycles. The Hall–Kier alpha value is -0.710. The average Bonchev–Trinajstić information content (AvgIpc) is 2.85. The number of aromatic nitrogens is 1. The van der Waals surface area contributed by atoms with Crippen LogP contribution in [0.25, 0.3) is 0 Å². The predicted molar refractivity (Wildman–Crippen MR) is 69.7 cm³/mol. The molecule has 5 heteroatoms. The van der Waals surface area contributed by atoms with Crippen molar-refractivity contribution in [2.45, 2.75) is 37.6 Å². The van der Waals surface area contributed by atoms with Gasteiger partial charge in [-0.25, -0.2) is 4.39 Å². The lowest BCUT2D eigenvalue weighted by Crippen LogP contribution is -2.47. The number of pyridine rings is 1. The van der Waals surface area contributed by atoms with E-state index >= 15 is 4.39 Å². The Labute approximate surface area is 117 Å². The summed E-state index contributed by atoms with van der Waals surface area (Å²) < 4.78 is 26.6. The highest BCUT2D eigenvalue weighted by Gasteiger charge is 2.53. The van der Waals surface area contributed by atoms with E-state index in [-0.39, 0.29) is 5.92 Å². The number of ether oxygens (including phenoxy) is 2. The topological polar surface area (TPSA) is 31.4 Å². The maximum absolute atomic E-state index is 15.2. The van der Waals surface area contributed by atoms with Crippen molar-refractivity contribution >= 4 is 11.6 Å². The van der Waals surface area contributed by atoms with Crippen LogP contribution in [0.1, 0.15) is 31.9 Å². The lowest BCUT2D eigenvalue weighted by molar-refractivity contribution is -0.227. The fourth-order valence-electron chi connectivity index (χ4n) is 3.19. The molecule has 3 nitrogen and oxygen atoms in total. The Morgan fingerprint density at radius 1 is 1.37 bits per heavy atom. The molecule has 2 aliphatic rings. The van der Waals surface area contributed by atoms with Gasteiger partial charge in [0.15, 0.2) is 11.5 Å². The Morgan fingerprint density at radius 2 is 2.11 bits per heavy atom. The van der Waals surface area contributed by atoms with Gasteiger partial charge in [0.1, 0.15) is 0 Å². The minimum Gasteiger partial charge on any atom is -0.347 e. The van der Waals surface area contributed by atoms with Gasteiger partial charge in [0.2, 0.25) is 0 Å². The van der Waals surface area contributed by atoms with Crippen molar-refractivity contribution in [2.24, 2.45) is 5.92 Å². The molecular weight excluding hydrogens is 269 g/mol. The zero-order valence-corrected chi connectivity index (χ0v) is 11.6. The second-order valence-corrected chi connectivity index (χ2v) is 5.82. The first kappa shape index (κ1) is 13.3. The molecule has 2 atom stereocenters. The molecule has 3 rings (SSSR count). The number of rotatable bonds is 1. The monoisotopic (exact) mass is 285 g/mol. The summed E-state index contributed by atoms with van der Waals surface area (Å²) in [6.07, 6.45) is 2.77.